The molecule has 0 fully saturated rings. The van der Waals surface area contributed by atoms with Gasteiger partial charge in [-0.3, -0.25) is 0 Å². The summed E-state index contributed by atoms with van der Waals surface area (Å²) in [5.74, 6) is 0.306. The molecule has 0 spiro atoms. The second-order valence-electron chi connectivity index (χ2n) is 4.25. The lowest BCUT2D eigenvalue weighted by atomic mass is 10.1. The van der Waals surface area contributed by atoms with Gasteiger partial charge in [-0.1, -0.05) is 40.9 Å². The molecule has 1 aromatic rings. The molecule has 3 nitrogen and oxygen atoms in total. The third kappa shape index (κ3) is 6.84. The van der Waals surface area contributed by atoms with Crippen molar-refractivity contribution in [2.75, 3.05) is 12.4 Å². The third-order valence-corrected chi connectivity index (χ3v) is 4.55. The lowest BCUT2D eigenvalue weighted by Crippen LogP contribution is -2.19. The summed E-state index contributed by atoms with van der Waals surface area (Å²) in [6.07, 6.45) is 1.60. The lowest BCUT2D eigenvalue weighted by molar-refractivity contribution is 0.253. The highest BCUT2D eigenvalue weighted by atomic mass is 79.9. The van der Waals surface area contributed by atoms with Crippen molar-refractivity contribution in [2.24, 2.45) is 5.92 Å². The molecular weight excluding hydrogens is 375 g/mol. The van der Waals surface area contributed by atoms with Crippen LogP contribution in [0.15, 0.2) is 22.7 Å². The Morgan fingerprint density at radius 1 is 1.42 bits per heavy atom. The topological polar surface area (TPSA) is 43.4 Å². The van der Waals surface area contributed by atoms with Gasteiger partial charge in [0, 0.05) is 21.1 Å². The normalized spacial score (nSPS) is 13.3. The first-order valence-corrected chi connectivity index (χ1v) is 9.47. The van der Waals surface area contributed by atoms with Gasteiger partial charge in [-0.2, -0.15) is 0 Å². The first-order chi connectivity index (χ1) is 8.81. The predicted octanol–water partition coefficient (Wildman–Crippen LogP) is 4.47. The van der Waals surface area contributed by atoms with E-state index < -0.39 is 9.05 Å². The largest absolute Gasteiger partial charge is 0.492 e. The van der Waals surface area contributed by atoms with Gasteiger partial charge in [0.1, 0.15) is 5.75 Å². The van der Waals surface area contributed by atoms with Crippen LogP contribution < -0.4 is 4.74 Å². The molecule has 0 saturated carbocycles. The van der Waals surface area contributed by atoms with Crippen LogP contribution in [-0.2, 0) is 9.05 Å². The standard InChI is InChI=1S/C12H15BrCl2O3S/c1-2-3-9(8-19(15,16)17)7-18-12-6-10(13)4-5-11(12)14/h4-6,9H,2-3,7-8H2,1H3. The van der Waals surface area contributed by atoms with E-state index in [-0.39, 0.29) is 18.3 Å². The number of benzene rings is 1. The summed E-state index contributed by atoms with van der Waals surface area (Å²) in [7, 11) is 1.77. The Hall–Kier alpha value is 0.0300. The highest BCUT2D eigenvalue weighted by Crippen LogP contribution is 2.28. The summed E-state index contributed by atoms with van der Waals surface area (Å²) in [5, 5.41) is 0.493. The molecule has 0 bridgehead atoms. The van der Waals surface area contributed by atoms with Gasteiger partial charge in [-0.15, -0.1) is 0 Å². The smallest absolute Gasteiger partial charge is 0.232 e. The highest BCUT2D eigenvalue weighted by Gasteiger charge is 2.17. The maximum Gasteiger partial charge on any atom is 0.232 e. The van der Waals surface area contributed by atoms with Crippen LogP contribution in [0.2, 0.25) is 5.02 Å². The summed E-state index contributed by atoms with van der Waals surface area (Å²) in [5.41, 5.74) is 0. The Labute approximate surface area is 131 Å². The van der Waals surface area contributed by atoms with Gasteiger partial charge < -0.3 is 4.74 Å². The Morgan fingerprint density at radius 3 is 2.68 bits per heavy atom. The van der Waals surface area contributed by atoms with Crippen molar-refractivity contribution < 1.29 is 13.2 Å². The first-order valence-electron chi connectivity index (χ1n) is 5.82. The number of ether oxygens (including phenoxy) is 1. The van der Waals surface area contributed by atoms with E-state index >= 15 is 0 Å². The molecule has 19 heavy (non-hydrogen) atoms. The summed E-state index contributed by atoms with van der Waals surface area (Å²) in [6, 6.07) is 5.27. The fourth-order valence-corrected chi connectivity index (χ4v) is 3.57. The first kappa shape index (κ1) is 17.1. The molecule has 1 rings (SSSR count). The molecule has 0 radical (unpaired) electrons. The average Bonchev–Trinajstić information content (AvgIpc) is 2.28. The highest BCUT2D eigenvalue weighted by molar-refractivity contribution is 9.10. The summed E-state index contributed by atoms with van der Waals surface area (Å²) in [4.78, 5) is 0. The Balaban J connectivity index is 2.68. The molecule has 1 aromatic carbocycles. The van der Waals surface area contributed by atoms with Crippen molar-refractivity contribution in [3.63, 3.8) is 0 Å². The SMILES string of the molecule is CCCC(COc1cc(Br)ccc1Cl)CS(=O)(=O)Cl. The Morgan fingerprint density at radius 2 is 2.11 bits per heavy atom. The van der Waals surface area contributed by atoms with Gasteiger partial charge >= 0.3 is 0 Å². The van der Waals surface area contributed by atoms with Crippen LogP contribution in [0.3, 0.4) is 0 Å². The molecular formula is C12H15BrCl2O3S. The fraction of sp³-hybridized carbons (Fsp3) is 0.500. The van der Waals surface area contributed by atoms with Crippen molar-refractivity contribution in [1.82, 2.24) is 0 Å². The molecule has 7 heteroatoms. The molecule has 0 aliphatic heterocycles. The lowest BCUT2D eigenvalue weighted by Gasteiger charge is -2.16. The number of rotatable bonds is 7. The molecule has 0 aromatic heterocycles. The van der Waals surface area contributed by atoms with Crippen LogP contribution in [-0.4, -0.2) is 20.8 Å². The quantitative estimate of drug-likeness (QED) is 0.646. The summed E-state index contributed by atoms with van der Waals surface area (Å²) >= 11 is 9.33. The van der Waals surface area contributed by atoms with Crippen LogP contribution in [0.1, 0.15) is 19.8 Å². The monoisotopic (exact) mass is 388 g/mol. The zero-order valence-corrected chi connectivity index (χ0v) is 14.3. The predicted molar refractivity (Wildman–Crippen MR) is 82.7 cm³/mol. The molecule has 0 amide bonds. The van der Waals surface area contributed by atoms with E-state index in [4.69, 9.17) is 27.0 Å². The Kier molecular flexibility index (Phi) is 6.94. The van der Waals surface area contributed by atoms with Gasteiger partial charge in [0.15, 0.2) is 0 Å². The maximum absolute atomic E-state index is 11.1. The Bertz CT molecular complexity index is 520. The molecule has 1 atom stereocenters. The van der Waals surface area contributed by atoms with Crippen molar-refractivity contribution in [3.05, 3.63) is 27.7 Å². The van der Waals surface area contributed by atoms with E-state index in [2.05, 4.69) is 15.9 Å². The van der Waals surface area contributed by atoms with Crippen LogP contribution in [0, 0.1) is 5.92 Å². The number of halogens is 3. The molecule has 0 aliphatic rings. The van der Waals surface area contributed by atoms with E-state index in [9.17, 15) is 8.42 Å². The molecule has 0 N–H and O–H groups in total. The average molecular weight is 390 g/mol. The van der Waals surface area contributed by atoms with Crippen LogP contribution in [0.25, 0.3) is 0 Å². The van der Waals surface area contributed by atoms with Crippen molar-refractivity contribution in [1.29, 1.82) is 0 Å². The van der Waals surface area contributed by atoms with Crippen LogP contribution in [0.4, 0.5) is 0 Å². The van der Waals surface area contributed by atoms with Crippen molar-refractivity contribution in [3.8, 4) is 5.75 Å². The second-order valence-corrected chi connectivity index (χ2v) is 8.39. The zero-order chi connectivity index (χ0) is 14.5. The molecule has 108 valence electrons. The van der Waals surface area contributed by atoms with E-state index in [0.717, 1.165) is 17.3 Å². The van der Waals surface area contributed by atoms with Crippen molar-refractivity contribution >= 4 is 47.3 Å². The van der Waals surface area contributed by atoms with Crippen LogP contribution >= 0.6 is 38.2 Å². The minimum Gasteiger partial charge on any atom is -0.492 e. The minimum atomic E-state index is -3.52. The van der Waals surface area contributed by atoms with Crippen molar-refractivity contribution in [2.45, 2.75) is 19.8 Å². The molecule has 0 aliphatic carbocycles. The molecule has 0 saturated heterocycles. The van der Waals surface area contributed by atoms with E-state index in [1.54, 1.807) is 12.1 Å². The van der Waals surface area contributed by atoms with Gasteiger partial charge in [0.2, 0.25) is 9.05 Å². The molecule has 1 unspecified atom stereocenters. The third-order valence-electron chi connectivity index (χ3n) is 2.50. The van der Waals surface area contributed by atoms with Gasteiger partial charge in [-0.05, 0) is 24.6 Å². The fourth-order valence-electron chi connectivity index (χ4n) is 1.70. The number of hydrogen-bond donors (Lipinski definition) is 0. The second kappa shape index (κ2) is 7.72. The maximum atomic E-state index is 11.1. The number of hydrogen-bond acceptors (Lipinski definition) is 3. The summed E-state index contributed by atoms with van der Waals surface area (Å²) in [6.45, 7) is 2.26. The van der Waals surface area contributed by atoms with E-state index in [1.807, 2.05) is 13.0 Å². The zero-order valence-electron chi connectivity index (χ0n) is 10.4. The minimum absolute atomic E-state index is 0.0893. The summed E-state index contributed by atoms with van der Waals surface area (Å²) < 4.78 is 28.7. The van der Waals surface area contributed by atoms with E-state index in [1.165, 1.54) is 0 Å². The van der Waals surface area contributed by atoms with E-state index in [0.29, 0.717) is 10.8 Å². The molecule has 0 heterocycles. The van der Waals surface area contributed by atoms with Gasteiger partial charge in [-0.25, -0.2) is 8.42 Å². The van der Waals surface area contributed by atoms with Crippen LogP contribution in [0.5, 0.6) is 5.75 Å². The van der Waals surface area contributed by atoms with Gasteiger partial charge in [0.05, 0.1) is 17.4 Å². The van der Waals surface area contributed by atoms with Gasteiger partial charge in [0.25, 0.3) is 0 Å².